The minimum absolute atomic E-state index is 0.189. The van der Waals surface area contributed by atoms with E-state index in [0.29, 0.717) is 17.9 Å². The Kier molecular flexibility index (Phi) is 3.55. The molecule has 0 aliphatic carbocycles. The summed E-state index contributed by atoms with van der Waals surface area (Å²) in [4.78, 5) is 8.52. The molecule has 2 N–H and O–H groups in total. The number of pyridine rings is 2. The molecular weight excluding hydrogens is 266 g/mol. The van der Waals surface area contributed by atoms with Gasteiger partial charge in [0.05, 0.1) is 7.11 Å². The molecule has 0 unspecified atom stereocenters. The molecule has 106 valence electrons. The summed E-state index contributed by atoms with van der Waals surface area (Å²) >= 11 is 0. The van der Waals surface area contributed by atoms with Crippen molar-refractivity contribution >= 4 is 16.7 Å². The van der Waals surface area contributed by atoms with Gasteiger partial charge in [0.1, 0.15) is 17.1 Å². The number of nitrogens with zero attached hydrogens (tertiary/aromatic N) is 2. The molecule has 0 saturated heterocycles. The molecule has 0 amide bonds. The fourth-order valence-electron chi connectivity index (χ4n) is 2.18. The number of aromatic hydroxyl groups is 1. The fourth-order valence-corrected chi connectivity index (χ4v) is 2.18. The SMILES string of the molecule is COc1cccc(NCc2ccc(O)c3ncccc23)n1. The Balaban J connectivity index is 1.87. The molecule has 0 bridgehead atoms. The third-order valence-electron chi connectivity index (χ3n) is 3.23. The molecule has 3 aromatic rings. The molecule has 0 saturated carbocycles. The van der Waals surface area contributed by atoms with Crippen LogP contribution in [0.1, 0.15) is 5.56 Å². The number of hydrogen-bond donors (Lipinski definition) is 2. The molecule has 5 heteroatoms. The van der Waals surface area contributed by atoms with E-state index in [9.17, 15) is 5.11 Å². The van der Waals surface area contributed by atoms with E-state index in [2.05, 4.69) is 15.3 Å². The molecule has 2 aromatic heterocycles. The summed E-state index contributed by atoms with van der Waals surface area (Å²) in [5.41, 5.74) is 1.65. The first-order chi connectivity index (χ1) is 10.3. The highest BCUT2D eigenvalue weighted by atomic mass is 16.5. The zero-order valence-electron chi connectivity index (χ0n) is 11.6. The first-order valence-electron chi connectivity index (χ1n) is 6.58. The molecule has 3 rings (SSSR count). The number of phenols is 1. The highest BCUT2D eigenvalue weighted by molar-refractivity contribution is 5.87. The van der Waals surface area contributed by atoms with Crippen LogP contribution in [-0.2, 0) is 6.54 Å². The summed E-state index contributed by atoms with van der Waals surface area (Å²) in [6.45, 7) is 0.586. The van der Waals surface area contributed by atoms with Gasteiger partial charge < -0.3 is 15.2 Å². The van der Waals surface area contributed by atoms with Gasteiger partial charge in [0, 0.05) is 24.2 Å². The van der Waals surface area contributed by atoms with Crippen LogP contribution < -0.4 is 10.1 Å². The Bertz CT molecular complexity index is 774. The second kappa shape index (κ2) is 5.66. The van der Waals surface area contributed by atoms with Gasteiger partial charge in [-0.2, -0.15) is 4.98 Å². The largest absolute Gasteiger partial charge is 0.506 e. The van der Waals surface area contributed by atoms with E-state index in [1.807, 2.05) is 30.3 Å². The predicted molar refractivity (Wildman–Crippen MR) is 81.5 cm³/mol. The number of phenolic OH excluding ortho intramolecular Hbond substituents is 1. The van der Waals surface area contributed by atoms with Gasteiger partial charge >= 0.3 is 0 Å². The van der Waals surface area contributed by atoms with E-state index in [4.69, 9.17) is 4.74 Å². The smallest absolute Gasteiger partial charge is 0.214 e. The van der Waals surface area contributed by atoms with Crippen LogP contribution in [0.3, 0.4) is 0 Å². The zero-order valence-corrected chi connectivity index (χ0v) is 11.6. The van der Waals surface area contributed by atoms with Crippen molar-refractivity contribution in [3.05, 3.63) is 54.2 Å². The van der Waals surface area contributed by atoms with Crippen molar-refractivity contribution in [3.63, 3.8) is 0 Å². The van der Waals surface area contributed by atoms with Crippen LogP contribution in [0, 0.1) is 0 Å². The summed E-state index contributed by atoms with van der Waals surface area (Å²) in [7, 11) is 1.59. The molecule has 0 atom stereocenters. The highest BCUT2D eigenvalue weighted by Crippen LogP contribution is 2.26. The predicted octanol–water partition coefficient (Wildman–Crippen LogP) is 2.96. The number of ether oxygens (including phenoxy) is 1. The molecule has 21 heavy (non-hydrogen) atoms. The fraction of sp³-hybridized carbons (Fsp3) is 0.125. The number of aromatic nitrogens is 2. The quantitative estimate of drug-likeness (QED) is 0.769. The molecule has 1 aromatic carbocycles. The van der Waals surface area contributed by atoms with E-state index >= 15 is 0 Å². The number of methoxy groups -OCH3 is 1. The maximum absolute atomic E-state index is 9.84. The Morgan fingerprint density at radius 2 is 2.05 bits per heavy atom. The molecule has 0 aliphatic heterocycles. The molecule has 0 spiro atoms. The normalized spacial score (nSPS) is 10.5. The lowest BCUT2D eigenvalue weighted by molar-refractivity contribution is 0.398. The van der Waals surface area contributed by atoms with Gasteiger partial charge in [0.2, 0.25) is 5.88 Å². The van der Waals surface area contributed by atoms with Gasteiger partial charge in [0.15, 0.2) is 0 Å². The average molecular weight is 281 g/mol. The number of hydrogen-bond acceptors (Lipinski definition) is 5. The van der Waals surface area contributed by atoms with E-state index in [1.54, 1.807) is 25.4 Å². The highest BCUT2D eigenvalue weighted by Gasteiger charge is 2.06. The summed E-state index contributed by atoms with van der Waals surface area (Å²) in [6, 6.07) is 12.9. The Morgan fingerprint density at radius 3 is 2.90 bits per heavy atom. The van der Waals surface area contributed by atoms with Crippen molar-refractivity contribution in [3.8, 4) is 11.6 Å². The van der Waals surface area contributed by atoms with Crippen molar-refractivity contribution in [1.29, 1.82) is 0 Å². The number of fused-ring (bicyclic) bond motifs is 1. The topological polar surface area (TPSA) is 67.3 Å². The first kappa shape index (κ1) is 13.2. The molecule has 2 heterocycles. The van der Waals surface area contributed by atoms with E-state index in [0.717, 1.165) is 16.8 Å². The van der Waals surface area contributed by atoms with E-state index < -0.39 is 0 Å². The minimum Gasteiger partial charge on any atom is -0.506 e. The number of rotatable bonds is 4. The van der Waals surface area contributed by atoms with Crippen LogP contribution in [0.5, 0.6) is 11.6 Å². The second-order valence-corrected chi connectivity index (χ2v) is 4.56. The summed E-state index contributed by atoms with van der Waals surface area (Å²) in [5.74, 6) is 1.49. The van der Waals surface area contributed by atoms with Crippen LogP contribution >= 0.6 is 0 Å². The Labute approximate surface area is 122 Å². The van der Waals surface area contributed by atoms with E-state index in [1.165, 1.54) is 0 Å². The molecular formula is C16H15N3O2. The lowest BCUT2D eigenvalue weighted by atomic mass is 10.1. The van der Waals surface area contributed by atoms with E-state index in [-0.39, 0.29) is 5.75 Å². The summed E-state index contributed by atoms with van der Waals surface area (Å²) in [6.07, 6.45) is 1.67. The Hall–Kier alpha value is -2.82. The van der Waals surface area contributed by atoms with Gasteiger partial charge in [-0.05, 0) is 23.8 Å². The number of benzene rings is 1. The van der Waals surface area contributed by atoms with Crippen LogP contribution in [0.25, 0.3) is 10.9 Å². The van der Waals surface area contributed by atoms with Crippen molar-refractivity contribution in [2.75, 3.05) is 12.4 Å². The lowest BCUT2D eigenvalue weighted by Crippen LogP contribution is -2.02. The number of anilines is 1. The van der Waals surface area contributed by atoms with Crippen molar-refractivity contribution in [2.45, 2.75) is 6.54 Å². The second-order valence-electron chi connectivity index (χ2n) is 4.56. The summed E-state index contributed by atoms with van der Waals surface area (Å²) in [5, 5.41) is 14.0. The minimum atomic E-state index is 0.189. The van der Waals surface area contributed by atoms with Gasteiger partial charge in [-0.15, -0.1) is 0 Å². The third-order valence-corrected chi connectivity index (χ3v) is 3.23. The first-order valence-corrected chi connectivity index (χ1v) is 6.58. The standard InChI is InChI=1S/C16H15N3O2/c1-21-15-6-2-5-14(19-15)18-10-11-7-8-13(20)16-12(11)4-3-9-17-16/h2-9,20H,10H2,1H3,(H,18,19). The zero-order chi connectivity index (χ0) is 14.7. The lowest BCUT2D eigenvalue weighted by Gasteiger charge is -2.10. The Morgan fingerprint density at radius 1 is 1.14 bits per heavy atom. The maximum atomic E-state index is 9.84. The van der Waals surface area contributed by atoms with Crippen molar-refractivity contribution in [2.24, 2.45) is 0 Å². The van der Waals surface area contributed by atoms with Crippen LogP contribution in [0.4, 0.5) is 5.82 Å². The van der Waals surface area contributed by atoms with Crippen molar-refractivity contribution in [1.82, 2.24) is 9.97 Å². The van der Waals surface area contributed by atoms with Crippen LogP contribution in [0.15, 0.2) is 48.7 Å². The molecule has 0 aliphatic rings. The van der Waals surface area contributed by atoms with Gasteiger partial charge in [-0.25, -0.2) is 0 Å². The van der Waals surface area contributed by atoms with Gasteiger partial charge in [0.25, 0.3) is 0 Å². The average Bonchev–Trinajstić information content (AvgIpc) is 2.55. The van der Waals surface area contributed by atoms with Crippen LogP contribution in [-0.4, -0.2) is 22.2 Å². The monoisotopic (exact) mass is 281 g/mol. The molecule has 0 radical (unpaired) electrons. The number of nitrogens with one attached hydrogen (secondary N) is 1. The summed E-state index contributed by atoms with van der Waals surface area (Å²) < 4.78 is 5.10. The van der Waals surface area contributed by atoms with Crippen LogP contribution in [0.2, 0.25) is 0 Å². The maximum Gasteiger partial charge on any atom is 0.214 e. The van der Waals surface area contributed by atoms with Gasteiger partial charge in [-0.3, -0.25) is 4.98 Å². The third kappa shape index (κ3) is 2.72. The van der Waals surface area contributed by atoms with Crippen molar-refractivity contribution < 1.29 is 9.84 Å². The molecule has 0 fully saturated rings. The molecule has 5 nitrogen and oxygen atoms in total. The van der Waals surface area contributed by atoms with Gasteiger partial charge in [-0.1, -0.05) is 18.2 Å².